The molecule has 0 bridgehead atoms. The molecule has 0 saturated carbocycles. The third-order valence-corrected chi connectivity index (χ3v) is 1.32. The Morgan fingerprint density at radius 2 is 2.00 bits per heavy atom. The van der Waals surface area contributed by atoms with Gasteiger partial charge in [0, 0.05) is 13.7 Å². The lowest BCUT2D eigenvalue weighted by Crippen LogP contribution is -2.18. The van der Waals surface area contributed by atoms with Crippen molar-refractivity contribution in [2.24, 2.45) is 0 Å². The summed E-state index contributed by atoms with van der Waals surface area (Å²) in [5.41, 5.74) is 0. The number of nitrogens with one attached hydrogen (secondary N) is 1. The molecule has 0 fully saturated rings. The molecule has 0 heterocycles. The first-order chi connectivity index (χ1) is 5.91. The minimum Gasteiger partial charge on any atom is -0.381 e. The van der Waals surface area contributed by atoms with Crippen LogP contribution in [-0.4, -0.2) is 40.0 Å². The van der Waals surface area contributed by atoms with Gasteiger partial charge in [0.2, 0.25) is 0 Å². The second-order valence-corrected chi connectivity index (χ2v) is 2.36. The Morgan fingerprint density at radius 3 is 2.67 bits per heavy atom. The Kier molecular flexibility index (Phi) is 10.3. The van der Waals surface area contributed by atoms with Crippen LogP contribution in [0.15, 0.2) is 12.2 Å². The van der Waals surface area contributed by atoms with Gasteiger partial charge in [-0.05, 0) is 6.54 Å². The van der Waals surface area contributed by atoms with E-state index in [2.05, 4.69) is 12.2 Å². The summed E-state index contributed by atoms with van der Waals surface area (Å²) in [7, 11) is 1.68. The summed E-state index contributed by atoms with van der Waals surface area (Å²) in [5, 5.41) is 3.18. The highest BCUT2D eigenvalue weighted by atomic mass is 16.5. The van der Waals surface area contributed by atoms with Gasteiger partial charge in [-0.2, -0.15) is 0 Å². The Balaban J connectivity index is 2.90. The number of methoxy groups -OCH3 is 1. The maximum atomic E-state index is 5.28. The fourth-order valence-corrected chi connectivity index (χ4v) is 0.705. The van der Waals surface area contributed by atoms with Crippen LogP contribution in [0.4, 0.5) is 0 Å². The molecule has 3 nitrogen and oxygen atoms in total. The summed E-state index contributed by atoms with van der Waals surface area (Å²) in [4.78, 5) is 0. The maximum Gasteiger partial charge on any atom is 0.0648 e. The van der Waals surface area contributed by atoms with E-state index >= 15 is 0 Å². The van der Waals surface area contributed by atoms with Crippen LogP contribution in [-0.2, 0) is 9.47 Å². The van der Waals surface area contributed by atoms with Crippen LogP contribution in [0.1, 0.15) is 6.92 Å². The smallest absolute Gasteiger partial charge is 0.0648 e. The standard InChI is InChI=1S/C9H19NO2/c1-3-10-6-9-12-8-5-4-7-11-2/h4-5,10H,3,6-9H2,1-2H3/b5-4+. The lowest BCUT2D eigenvalue weighted by atomic mass is 10.5. The molecule has 0 radical (unpaired) electrons. The van der Waals surface area contributed by atoms with E-state index in [1.165, 1.54) is 0 Å². The number of likely N-dealkylation sites (N-methyl/N-ethyl adjacent to an activating group) is 1. The highest BCUT2D eigenvalue weighted by Crippen LogP contribution is 1.78. The Bertz CT molecular complexity index is 105. The van der Waals surface area contributed by atoms with E-state index in [1.54, 1.807) is 7.11 Å². The summed E-state index contributed by atoms with van der Waals surface area (Å²) < 4.78 is 10.1. The first kappa shape index (κ1) is 11.6. The largest absolute Gasteiger partial charge is 0.381 e. The van der Waals surface area contributed by atoms with Crippen molar-refractivity contribution in [3.8, 4) is 0 Å². The highest BCUT2D eigenvalue weighted by molar-refractivity contribution is 4.80. The molecule has 0 aliphatic carbocycles. The predicted molar refractivity (Wildman–Crippen MR) is 50.4 cm³/mol. The molecule has 0 rings (SSSR count). The van der Waals surface area contributed by atoms with Crippen LogP contribution in [0.3, 0.4) is 0 Å². The van der Waals surface area contributed by atoms with E-state index in [0.29, 0.717) is 13.2 Å². The Morgan fingerprint density at radius 1 is 1.25 bits per heavy atom. The van der Waals surface area contributed by atoms with E-state index in [1.807, 2.05) is 12.2 Å². The van der Waals surface area contributed by atoms with E-state index in [4.69, 9.17) is 9.47 Å². The van der Waals surface area contributed by atoms with Crippen molar-refractivity contribution in [3.05, 3.63) is 12.2 Å². The molecule has 1 N–H and O–H groups in total. The van der Waals surface area contributed by atoms with Crippen LogP contribution in [0.5, 0.6) is 0 Å². The topological polar surface area (TPSA) is 30.5 Å². The average Bonchev–Trinajstić information content (AvgIpc) is 2.10. The fraction of sp³-hybridized carbons (Fsp3) is 0.778. The van der Waals surface area contributed by atoms with Crippen molar-refractivity contribution in [3.63, 3.8) is 0 Å². The van der Waals surface area contributed by atoms with Crippen molar-refractivity contribution in [2.75, 3.05) is 40.0 Å². The van der Waals surface area contributed by atoms with Crippen LogP contribution in [0.2, 0.25) is 0 Å². The molecule has 0 aliphatic rings. The molecule has 72 valence electrons. The van der Waals surface area contributed by atoms with Gasteiger partial charge >= 0.3 is 0 Å². The quantitative estimate of drug-likeness (QED) is 0.435. The average molecular weight is 173 g/mol. The summed E-state index contributed by atoms with van der Waals surface area (Å²) in [6, 6.07) is 0. The molecule has 0 aromatic rings. The van der Waals surface area contributed by atoms with Crippen LogP contribution in [0.25, 0.3) is 0 Å². The molecule has 0 atom stereocenters. The van der Waals surface area contributed by atoms with Gasteiger partial charge in [0.15, 0.2) is 0 Å². The molecular formula is C9H19NO2. The van der Waals surface area contributed by atoms with Gasteiger partial charge < -0.3 is 14.8 Å². The lowest BCUT2D eigenvalue weighted by Gasteiger charge is -2.00. The van der Waals surface area contributed by atoms with Crippen molar-refractivity contribution < 1.29 is 9.47 Å². The van der Waals surface area contributed by atoms with E-state index in [-0.39, 0.29) is 0 Å². The van der Waals surface area contributed by atoms with Crippen molar-refractivity contribution in [2.45, 2.75) is 6.92 Å². The number of ether oxygens (including phenoxy) is 2. The molecule has 12 heavy (non-hydrogen) atoms. The molecule has 0 aliphatic heterocycles. The Hall–Kier alpha value is -0.380. The van der Waals surface area contributed by atoms with E-state index in [0.717, 1.165) is 19.7 Å². The highest BCUT2D eigenvalue weighted by Gasteiger charge is 1.82. The third-order valence-electron chi connectivity index (χ3n) is 1.32. The molecular weight excluding hydrogens is 154 g/mol. The summed E-state index contributed by atoms with van der Waals surface area (Å²) in [6.45, 7) is 6.12. The van der Waals surface area contributed by atoms with Gasteiger partial charge in [0.05, 0.1) is 19.8 Å². The lowest BCUT2D eigenvalue weighted by molar-refractivity contribution is 0.163. The maximum absolute atomic E-state index is 5.28. The Labute approximate surface area is 74.7 Å². The minimum atomic E-state index is 0.663. The predicted octanol–water partition coefficient (Wildman–Crippen LogP) is 0.815. The van der Waals surface area contributed by atoms with Crippen molar-refractivity contribution >= 4 is 0 Å². The van der Waals surface area contributed by atoms with Crippen LogP contribution in [0, 0.1) is 0 Å². The summed E-state index contributed by atoms with van der Waals surface area (Å²) >= 11 is 0. The molecule has 0 amide bonds. The fourth-order valence-electron chi connectivity index (χ4n) is 0.705. The van der Waals surface area contributed by atoms with Gasteiger partial charge in [-0.3, -0.25) is 0 Å². The van der Waals surface area contributed by atoms with Crippen LogP contribution < -0.4 is 5.32 Å². The first-order valence-electron chi connectivity index (χ1n) is 4.34. The van der Waals surface area contributed by atoms with Gasteiger partial charge in [0.25, 0.3) is 0 Å². The molecule has 0 spiro atoms. The van der Waals surface area contributed by atoms with E-state index < -0.39 is 0 Å². The summed E-state index contributed by atoms with van der Waals surface area (Å²) in [5.74, 6) is 0. The third kappa shape index (κ3) is 9.62. The second kappa shape index (κ2) is 10.6. The normalized spacial score (nSPS) is 11.2. The molecule has 0 saturated heterocycles. The zero-order chi connectivity index (χ0) is 9.07. The second-order valence-electron chi connectivity index (χ2n) is 2.36. The van der Waals surface area contributed by atoms with Gasteiger partial charge in [-0.1, -0.05) is 19.1 Å². The molecule has 0 aromatic carbocycles. The molecule has 0 unspecified atom stereocenters. The van der Waals surface area contributed by atoms with Gasteiger partial charge in [-0.25, -0.2) is 0 Å². The van der Waals surface area contributed by atoms with Gasteiger partial charge in [0.1, 0.15) is 0 Å². The molecule has 0 aromatic heterocycles. The van der Waals surface area contributed by atoms with Gasteiger partial charge in [-0.15, -0.1) is 0 Å². The zero-order valence-corrected chi connectivity index (χ0v) is 8.01. The minimum absolute atomic E-state index is 0.663. The zero-order valence-electron chi connectivity index (χ0n) is 8.01. The van der Waals surface area contributed by atoms with Crippen molar-refractivity contribution in [1.82, 2.24) is 5.32 Å². The number of hydrogen-bond acceptors (Lipinski definition) is 3. The monoisotopic (exact) mass is 173 g/mol. The SMILES string of the molecule is CCNCCOC/C=C/COC. The number of hydrogen-bond donors (Lipinski definition) is 1. The molecule has 3 heteroatoms. The number of rotatable bonds is 8. The summed E-state index contributed by atoms with van der Waals surface area (Å²) in [6.07, 6.45) is 3.92. The van der Waals surface area contributed by atoms with Crippen molar-refractivity contribution in [1.29, 1.82) is 0 Å². The van der Waals surface area contributed by atoms with E-state index in [9.17, 15) is 0 Å². The van der Waals surface area contributed by atoms with Crippen LogP contribution >= 0.6 is 0 Å². The first-order valence-corrected chi connectivity index (χ1v) is 4.34.